The number of carbonyl (C=O) groups excluding carboxylic acids is 2. The van der Waals surface area contributed by atoms with E-state index in [9.17, 15) is 27.6 Å². The third kappa shape index (κ3) is 7.56. The van der Waals surface area contributed by atoms with E-state index >= 15 is 0 Å². The molecule has 5 aliphatic rings. The smallest absolute Gasteiger partial charge is 0.455 e. The van der Waals surface area contributed by atoms with E-state index in [-0.39, 0.29) is 41.6 Å². The number of ether oxygens (including phenoxy) is 1. The second kappa shape index (κ2) is 15.0. The van der Waals surface area contributed by atoms with Crippen molar-refractivity contribution in [2.45, 2.75) is 102 Å². The van der Waals surface area contributed by atoms with Crippen LogP contribution in [0.1, 0.15) is 83.3 Å². The molecule has 4 aromatic rings. The molecule has 9 rings (SSSR count). The Morgan fingerprint density at radius 1 is 1.00 bits per heavy atom. The van der Waals surface area contributed by atoms with Crippen molar-refractivity contribution in [1.29, 1.82) is 0 Å². The molecule has 12 nitrogen and oxygen atoms in total. The quantitative estimate of drug-likeness (QED) is 0.112. The Hall–Kier alpha value is -5.35. The number of anilines is 2. The van der Waals surface area contributed by atoms with Gasteiger partial charge in [-0.05, 0) is 92.3 Å². The Morgan fingerprint density at radius 2 is 1.75 bits per heavy atom. The maximum Gasteiger partial charge on any atom is 0.481 e. The summed E-state index contributed by atoms with van der Waals surface area (Å²) in [6.45, 7) is 10.1. The van der Waals surface area contributed by atoms with Crippen LogP contribution in [0.5, 0.6) is 11.5 Å². The van der Waals surface area contributed by atoms with Gasteiger partial charge < -0.3 is 35.3 Å². The van der Waals surface area contributed by atoms with E-state index in [1.165, 1.54) is 22.9 Å². The van der Waals surface area contributed by atoms with Crippen molar-refractivity contribution in [2.24, 2.45) is 17.3 Å². The molecule has 1 aromatic heterocycles. The third-order valence-corrected chi connectivity index (χ3v) is 12.9. The lowest BCUT2D eigenvalue weighted by Gasteiger charge is -2.63. The summed E-state index contributed by atoms with van der Waals surface area (Å²) in [5, 5.41) is 11.8. The highest BCUT2D eigenvalue weighted by Gasteiger charge is 2.67. The number of nitrogens with zero attached hydrogens (tertiary/aromatic N) is 2. The molecule has 16 heteroatoms. The number of nitrogens with one attached hydrogen (secondary N) is 4. The molecule has 1 saturated heterocycles. The molecular weight excluding hydrogens is 764 g/mol. The second-order valence-electron chi connectivity index (χ2n) is 17.2. The first-order chi connectivity index (χ1) is 28.0. The Morgan fingerprint density at radius 3 is 2.47 bits per heavy atom. The number of hydrogen-bond donors (Lipinski definition) is 4. The SMILES string of the molecule is CC[C@H](NC(=O)[C@@H]1C[C@@](C)(NC(=O)Nc2ccccc2Oc2ccccc2)c2ncc(NCc3cccc(C(F)(F)F)c3)c(=O)n21)B1O[C@@H]2C3CC(C[C@]2(C)O1)C3(C)C. The maximum absolute atomic E-state index is 14.5. The summed E-state index contributed by atoms with van der Waals surface area (Å²) >= 11 is 0. The summed E-state index contributed by atoms with van der Waals surface area (Å²) in [6.07, 6.45) is -1.01. The zero-order valence-corrected chi connectivity index (χ0v) is 33.6. The van der Waals surface area contributed by atoms with E-state index in [1.807, 2.05) is 25.1 Å². The molecule has 310 valence electrons. The fourth-order valence-corrected chi connectivity index (χ4v) is 9.46. The van der Waals surface area contributed by atoms with Crippen LogP contribution in [-0.4, -0.2) is 46.3 Å². The number of carbonyl (C=O) groups is 2. The van der Waals surface area contributed by atoms with Gasteiger partial charge in [0, 0.05) is 13.0 Å². The molecule has 0 spiro atoms. The molecule has 3 saturated carbocycles. The largest absolute Gasteiger partial charge is 0.481 e. The summed E-state index contributed by atoms with van der Waals surface area (Å²) in [6, 6.07) is 19.0. The lowest BCUT2D eigenvalue weighted by Crippen LogP contribution is -2.63. The van der Waals surface area contributed by atoms with Crippen LogP contribution in [-0.2, 0) is 32.4 Å². The van der Waals surface area contributed by atoms with Crippen molar-refractivity contribution in [3.8, 4) is 11.5 Å². The number of rotatable bonds is 11. The van der Waals surface area contributed by atoms with Gasteiger partial charge in [-0.25, -0.2) is 9.78 Å². The molecule has 2 aliphatic heterocycles. The number of urea groups is 1. The topological polar surface area (TPSA) is 145 Å². The van der Waals surface area contributed by atoms with Crippen LogP contribution in [0.3, 0.4) is 0 Å². The van der Waals surface area contributed by atoms with Crippen LogP contribution in [0.15, 0.2) is 89.9 Å². The van der Waals surface area contributed by atoms with Crippen LogP contribution in [0.25, 0.3) is 0 Å². The first-order valence-electron chi connectivity index (χ1n) is 20.1. The Labute approximate surface area is 340 Å². The van der Waals surface area contributed by atoms with Crippen LogP contribution in [0, 0.1) is 17.3 Å². The van der Waals surface area contributed by atoms with Gasteiger partial charge in [-0.2, -0.15) is 13.2 Å². The minimum atomic E-state index is -4.54. The van der Waals surface area contributed by atoms with Crippen LogP contribution in [0.2, 0.25) is 0 Å². The Kier molecular flexibility index (Phi) is 10.3. The molecule has 3 aromatic carbocycles. The van der Waals surface area contributed by atoms with Gasteiger partial charge in [0.25, 0.3) is 5.56 Å². The summed E-state index contributed by atoms with van der Waals surface area (Å²) in [4.78, 5) is 47.2. The molecule has 0 radical (unpaired) electrons. The van der Waals surface area contributed by atoms with Gasteiger partial charge in [0.05, 0.1) is 40.6 Å². The van der Waals surface area contributed by atoms with Gasteiger partial charge in [-0.1, -0.05) is 63.2 Å². The monoisotopic (exact) mass is 812 g/mol. The Bertz CT molecular complexity index is 2310. The van der Waals surface area contributed by atoms with Crippen molar-refractivity contribution >= 4 is 30.4 Å². The summed E-state index contributed by atoms with van der Waals surface area (Å²) in [7, 11) is -0.709. The summed E-state index contributed by atoms with van der Waals surface area (Å²) in [5.74, 6) is 0.908. The third-order valence-electron chi connectivity index (χ3n) is 12.9. The predicted molar refractivity (Wildman–Crippen MR) is 216 cm³/mol. The van der Waals surface area contributed by atoms with Gasteiger partial charge in [-0.3, -0.25) is 14.2 Å². The number of para-hydroxylation sites is 3. The molecule has 4 N–H and O–H groups in total. The average molecular weight is 813 g/mol. The number of aromatic nitrogens is 2. The number of hydrogen-bond acceptors (Lipinski definition) is 8. The molecule has 3 heterocycles. The normalized spacial score (nSPS) is 26.8. The lowest BCUT2D eigenvalue weighted by atomic mass is 9.45. The van der Waals surface area contributed by atoms with E-state index in [0.717, 1.165) is 25.0 Å². The molecule has 3 amide bonds. The van der Waals surface area contributed by atoms with E-state index in [0.29, 0.717) is 35.4 Å². The highest BCUT2D eigenvalue weighted by molar-refractivity contribution is 6.47. The zero-order valence-electron chi connectivity index (χ0n) is 33.6. The standard InChI is InChI=1S/C43H48BF3N6O6/c1-6-34(44-58-35-29-20-27(40(29,2)3)21-42(35,5)59-44)51-36(54)32-22-41(4,52-39(56)50-30-17-10-11-18-33(30)57-28-15-8-7-9-16-28)38-49-24-31(37(55)53(32)38)48-23-25-13-12-14-26(19-25)43(45,46)47/h7-19,24,27,29,32,34-35,48H,6,20-23H2,1-5H3,(H,51,54)(H2,50,52,56)/t27?,29?,32-,34-,35+,41+,42-/m0/s1. The van der Waals surface area contributed by atoms with Gasteiger partial charge in [-0.15, -0.1) is 0 Å². The minimum Gasteiger partial charge on any atom is -0.455 e. The van der Waals surface area contributed by atoms with E-state index < -0.39 is 59.5 Å². The molecule has 59 heavy (non-hydrogen) atoms. The molecular formula is C43H48BF3N6O6. The Balaban J connectivity index is 1.05. The molecule has 2 bridgehead atoms. The fourth-order valence-electron chi connectivity index (χ4n) is 9.46. The zero-order chi connectivity index (χ0) is 41.9. The second-order valence-corrected chi connectivity index (χ2v) is 17.2. The summed E-state index contributed by atoms with van der Waals surface area (Å²) in [5.41, 5.74) is -2.48. The van der Waals surface area contributed by atoms with Crippen molar-refractivity contribution < 1.29 is 36.8 Å². The van der Waals surface area contributed by atoms with E-state index in [2.05, 4.69) is 47.0 Å². The molecule has 4 fully saturated rings. The molecule has 7 atom stereocenters. The minimum absolute atomic E-state index is 0.0299. The van der Waals surface area contributed by atoms with Gasteiger partial charge in [0.2, 0.25) is 5.91 Å². The first-order valence-corrected chi connectivity index (χ1v) is 20.1. The predicted octanol–water partition coefficient (Wildman–Crippen LogP) is 7.81. The summed E-state index contributed by atoms with van der Waals surface area (Å²) < 4.78 is 60.8. The lowest BCUT2D eigenvalue weighted by molar-refractivity contribution is -0.185. The van der Waals surface area contributed by atoms with Gasteiger partial charge in [0.15, 0.2) is 5.75 Å². The number of fused-ring (bicyclic) bond motifs is 1. The van der Waals surface area contributed by atoms with E-state index in [1.54, 1.807) is 43.3 Å². The molecule has 3 aliphatic carbocycles. The number of amides is 3. The maximum atomic E-state index is 14.5. The number of benzene rings is 3. The number of halogens is 3. The van der Waals surface area contributed by atoms with Crippen molar-refractivity contribution in [3.05, 3.63) is 112 Å². The van der Waals surface area contributed by atoms with E-state index in [4.69, 9.17) is 14.0 Å². The molecule has 2 unspecified atom stereocenters. The average Bonchev–Trinajstić information content (AvgIpc) is 3.71. The highest BCUT2D eigenvalue weighted by atomic mass is 19.4. The van der Waals surface area contributed by atoms with Crippen LogP contribution >= 0.6 is 0 Å². The highest BCUT2D eigenvalue weighted by Crippen LogP contribution is 2.64. The van der Waals surface area contributed by atoms with Crippen molar-refractivity contribution in [1.82, 2.24) is 20.2 Å². The number of alkyl halides is 3. The fraction of sp³-hybridized carbons (Fsp3) is 0.442. The van der Waals surface area contributed by atoms with Gasteiger partial charge in [0.1, 0.15) is 23.3 Å². The van der Waals surface area contributed by atoms with Crippen molar-refractivity contribution in [3.63, 3.8) is 0 Å². The van der Waals surface area contributed by atoms with Crippen LogP contribution in [0.4, 0.5) is 29.3 Å². The van der Waals surface area contributed by atoms with Crippen LogP contribution < -0.4 is 31.6 Å². The van der Waals surface area contributed by atoms with Crippen molar-refractivity contribution in [2.75, 3.05) is 10.6 Å². The first kappa shape index (κ1) is 40.4. The van der Waals surface area contributed by atoms with Gasteiger partial charge >= 0.3 is 19.3 Å².